The first-order valence-electron chi connectivity index (χ1n) is 13.7. The zero-order chi connectivity index (χ0) is 26.9. The van der Waals surface area contributed by atoms with Crippen LogP contribution in [0.5, 0.6) is 0 Å². The molecule has 0 radical (unpaired) electrons. The molecule has 0 saturated carbocycles. The number of benzene rings is 2. The van der Waals surface area contributed by atoms with E-state index in [1.807, 2.05) is 29.2 Å². The van der Waals surface area contributed by atoms with E-state index in [1.54, 1.807) is 12.5 Å². The van der Waals surface area contributed by atoms with Crippen LogP contribution in [0.4, 0.5) is 11.4 Å². The van der Waals surface area contributed by atoms with E-state index in [2.05, 4.69) is 70.1 Å². The highest BCUT2D eigenvalue weighted by atomic mass is 32.1. The van der Waals surface area contributed by atoms with Crippen LogP contribution >= 0.6 is 12.2 Å². The molecule has 7 nitrogen and oxygen atoms in total. The first kappa shape index (κ1) is 27.6. The fourth-order valence-corrected chi connectivity index (χ4v) is 4.85. The Morgan fingerprint density at radius 1 is 1.08 bits per heavy atom. The average Bonchev–Trinajstić information content (AvgIpc) is 3.47. The molecule has 0 aliphatic carbocycles. The molecule has 1 aliphatic heterocycles. The summed E-state index contributed by atoms with van der Waals surface area (Å²) in [7, 11) is 0. The minimum absolute atomic E-state index is 0.0228. The highest BCUT2D eigenvalue weighted by Crippen LogP contribution is 2.25. The van der Waals surface area contributed by atoms with Crippen molar-refractivity contribution >= 4 is 34.6 Å². The Morgan fingerprint density at radius 2 is 1.79 bits per heavy atom. The van der Waals surface area contributed by atoms with Crippen molar-refractivity contribution in [2.75, 3.05) is 42.5 Å². The molecule has 2 heterocycles. The molecule has 0 atom stereocenters. The number of aromatic amines is 1. The van der Waals surface area contributed by atoms with E-state index in [4.69, 9.17) is 12.2 Å². The SMILES string of the molecule is CCCCc1ccc(C(=O)N(Cc2cnc[nH]2)c2ccc(N3CCN(C(=S)NCC(C)C)CC3)cc2)cc1. The van der Waals surface area contributed by atoms with Gasteiger partial charge in [-0.25, -0.2) is 4.98 Å². The van der Waals surface area contributed by atoms with E-state index < -0.39 is 0 Å². The Labute approximate surface area is 232 Å². The van der Waals surface area contributed by atoms with Crippen LogP contribution in [-0.2, 0) is 13.0 Å². The van der Waals surface area contributed by atoms with Crippen LogP contribution in [0.2, 0.25) is 0 Å². The van der Waals surface area contributed by atoms with Gasteiger partial charge in [0.25, 0.3) is 5.91 Å². The van der Waals surface area contributed by atoms with Crippen molar-refractivity contribution in [3.05, 3.63) is 77.9 Å². The maximum Gasteiger partial charge on any atom is 0.258 e. The molecule has 0 bridgehead atoms. The predicted octanol–water partition coefficient (Wildman–Crippen LogP) is 5.25. The van der Waals surface area contributed by atoms with Crippen LogP contribution in [0.1, 0.15) is 55.2 Å². The van der Waals surface area contributed by atoms with Gasteiger partial charge in [-0.1, -0.05) is 39.3 Å². The number of imidazole rings is 1. The lowest BCUT2D eigenvalue weighted by Gasteiger charge is -2.37. The van der Waals surface area contributed by atoms with E-state index in [0.717, 1.165) is 74.2 Å². The number of hydrogen-bond donors (Lipinski definition) is 2. The summed E-state index contributed by atoms with van der Waals surface area (Å²) >= 11 is 5.58. The predicted molar refractivity (Wildman–Crippen MR) is 160 cm³/mol. The molecular formula is C30H40N6OS. The Morgan fingerprint density at radius 3 is 2.39 bits per heavy atom. The van der Waals surface area contributed by atoms with E-state index in [9.17, 15) is 4.79 Å². The van der Waals surface area contributed by atoms with E-state index in [0.29, 0.717) is 18.0 Å². The number of unbranched alkanes of at least 4 members (excludes halogenated alkanes) is 1. The quantitative estimate of drug-likeness (QED) is 0.348. The van der Waals surface area contributed by atoms with Gasteiger partial charge < -0.3 is 25.0 Å². The third-order valence-corrected chi connectivity index (χ3v) is 7.31. The average molecular weight is 533 g/mol. The lowest BCUT2D eigenvalue weighted by Crippen LogP contribution is -2.52. The highest BCUT2D eigenvalue weighted by molar-refractivity contribution is 7.80. The number of rotatable bonds is 10. The van der Waals surface area contributed by atoms with Gasteiger partial charge in [-0.15, -0.1) is 0 Å². The van der Waals surface area contributed by atoms with Gasteiger partial charge in [0, 0.05) is 55.9 Å². The summed E-state index contributed by atoms with van der Waals surface area (Å²) < 4.78 is 0. The topological polar surface area (TPSA) is 67.5 Å². The second kappa shape index (κ2) is 13.4. The van der Waals surface area contributed by atoms with Gasteiger partial charge in [0.15, 0.2) is 5.11 Å². The van der Waals surface area contributed by atoms with Crippen LogP contribution in [0.25, 0.3) is 0 Å². The molecule has 1 amide bonds. The summed E-state index contributed by atoms with van der Waals surface area (Å²) in [6.45, 7) is 11.5. The van der Waals surface area contributed by atoms with Gasteiger partial charge >= 0.3 is 0 Å². The standard InChI is InChI=1S/C30H40N6OS/c1-4-5-6-24-7-9-25(10-8-24)29(37)36(21-26-20-31-22-33-26)28-13-11-27(12-14-28)34-15-17-35(18-16-34)30(38)32-19-23(2)3/h7-14,20,22-23H,4-6,15-19,21H2,1-3H3,(H,31,33)(H,32,38). The lowest BCUT2D eigenvalue weighted by atomic mass is 10.1. The number of aromatic nitrogens is 2. The highest BCUT2D eigenvalue weighted by Gasteiger charge is 2.22. The second-order valence-corrected chi connectivity index (χ2v) is 10.7. The molecule has 4 rings (SSSR count). The monoisotopic (exact) mass is 532 g/mol. The largest absolute Gasteiger partial charge is 0.368 e. The Hall–Kier alpha value is -3.39. The molecule has 2 aromatic carbocycles. The number of nitrogens with zero attached hydrogens (tertiary/aromatic N) is 4. The summed E-state index contributed by atoms with van der Waals surface area (Å²) in [6.07, 6.45) is 6.77. The molecule has 1 aromatic heterocycles. The lowest BCUT2D eigenvalue weighted by molar-refractivity contribution is 0.0985. The number of anilines is 2. The second-order valence-electron chi connectivity index (χ2n) is 10.3. The zero-order valence-electron chi connectivity index (χ0n) is 22.8. The minimum Gasteiger partial charge on any atom is -0.368 e. The molecule has 3 aromatic rings. The molecule has 0 spiro atoms. The van der Waals surface area contributed by atoms with E-state index in [-0.39, 0.29) is 5.91 Å². The maximum absolute atomic E-state index is 13.6. The molecule has 1 aliphatic rings. The van der Waals surface area contributed by atoms with Crippen molar-refractivity contribution in [3.8, 4) is 0 Å². The van der Waals surface area contributed by atoms with Crippen molar-refractivity contribution < 1.29 is 4.79 Å². The van der Waals surface area contributed by atoms with Crippen LogP contribution in [0.15, 0.2) is 61.1 Å². The van der Waals surface area contributed by atoms with Gasteiger partial charge in [-0.2, -0.15) is 0 Å². The van der Waals surface area contributed by atoms with Gasteiger partial charge in [-0.3, -0.25) is 4.79 Å². The third kappa shape index (κ3) is 7.34. The fraction of sp³-hybridized carbons (Fsp3) is 0.433. The number of thiocarbonyl (C=S) groups is 1. The van der Waals surface area contributed by atoms with Crippen molar-refractivity contribution in [2.24, 2.45) is 5.92 Å². The summed E-state index contributed by atoms with van der Waals surface area (Å²) in [4.78, 5) is 27.3. The number of amides is 1. The summed E-state index contributed by atoms with van der Waals surface area (Å²) in [5.74, 6) is 0.544. The number of nitrogens with one attached hydrogen (secondary N) is 2. The van der Waals surface area contributed by atoms with Gasteiger partial charge in [0.1, 0.15) is 0 Å². The molecule has 8 heteroatoms. The fourth-order valence-electron chi connectivity index (χ4n) is 4.59. The van der Waals surface area contributed by atoms with Crippen molar-refractivity contribution in [3.63, 3.8) is 0 Å². The van der Waals surface area contributed by atoms with Crippen LogP contribution < -0.4 is 15.1 Å². The van der Waals surface area contributed by atoms with E-state index in [1.165, 1.54) is 5.56 Å². The van der Waals surface area contributed by atoms with Crippen LogP contribution in [0, 0.1) is 5.92 Å². The number of H-pyrrole nitrogens is 1. The van der Waals surface area contributed by atoms with Crippen LogP contribution in [-0.4, -0.2) is 58.6 Å². The molecule has 0 unspecified atom stereocenters. The summed E-state index contributed by atoms with van der Waals surface area (Å²) in [5, 5.41) is 4.22. The first-order chi connectivity index (χ1) is 18.4. The zero-order valence-corrected chi connectivity index (χ0v) is 23.6. The molecule has 38 heavy (non-hydrogen) atoms. The first-order valence-corrected chi connectivity index (χ1v) is 14.1. The van der Waals surface area contributed by atoms with Gasteiger partial charge in [0.05, 0.1) is 18.6 Å². The van der Waals surface area contributed by atoms with Gasteiger partial charge in [-0.05, 0) is 72.9 Å². The molecular weight excluding hydrogens is 492 g/mol. The van der Waals surface area contributed by atoms with E-state index >= 15 is 0 Å². The summed E-state index contributed by atoms with van der Waals surface area (Å²) in [5.41, 5.74) is 4.86. The molecule has 1 fully saturated rings. The normalized spacial score (nSPS) is 13.6. The maximum atomic E-state index is 13.6. The van der Waals surface area contributed by atoms with Crippen molar-refractivity contribution in [1.82, 2.24) is 20.2 Å². The Kier molecular flexibility index (Phi) is 9.76. The summed E-state index contributed by atoms with van der Waals surface area (Å²) in [6, 6.07) is 16.3. The van der Waals surface area contributed by atoms with Crippen molar-refractivity contribution in [1.29, 1.82) is 0 Å². The number of carbonyl (C=O) groups excluding carboxylic acids is 1. The van der Waals surface area contributed by atoms with Crippen LogP contribution in [0.3, 0.4) is 0 Å². The Balaban J connectivity index is 1.44. The van der Waals surface area contributed by atoms with Gasteiger partial charge in [0.2, 0.25) is 0 Å². The number of aryl methyl sites for hydroxylation is 1. The number of hydrogen-bond acceptors (Lipinski definition) is 4. The molecule has 202 valence electrons. The number of piperazine rings is 1. The smallest absolute Gasteiger partial charge is 0.258 e. The molecule has 2 N–H and O–H groups in total. The minimum atomic E-state index is -0.0228. The van der Waals surface area contributed by atoms with Crippen molar-refractivity contribution in [2.45, 2.75) is 46.6 Å². The number of carbonyl (C=O) groups is 1. The third-order valence-electron chi connectivity index (χ3n) is 6.90. The molecule has 1 saturated heterocycles. The Bertz CT molecular complexity index is 1150.